The lowest BCUT2D eigenvalue weighted by molar-refractivity contribution is -0.768. The van der Waals surface area contributed by atoms with Gasteiger partial charge in [0.25, 0.3) is 10.2 Å². The minimum absolute atomic E-state index is 0.0646. The van der Waals surface area contributed by atoms with E-state index in [9.17, 15) is 57.6 Å². The van der Waals surface area contributed by atoms with Crippen LogP contribution in [0.5, 0.6) is 5.75 Å². The van der Waals surface area contributed by atoms with Crippen LogP contribution in [0, 0.1) is 20.2 Å². The zero-order chi connectivity index (χ0) is 27.8. The number of fused-ring (bicyclic) bond motifs is 1. The van der Waals surface area contributed by atoms with Crippen molar-refractivity contribution in [2.45, 2.75) is 36.6 Å². The van der Waals surface area contributed by atoms with E-state index in [0.29, 0.717) is 0 Å². The fraction of sp³-hybridized carbons (Fsp3) is 0.438. The number of hydrogen-bond donors (Lipinski definition) is 0. The van der Waals surface area contributed by atoms with Gasteiger partial charge in [-0.05, 0) is 30.2 Å². The summed E-state index contributed by atoms with van der Waals surface area (Å²) in [5, 5.41) is 17.8. The summed E-state index contributed by atoms with van der Waals surface area (Å²) in [6.07, 6.45) is -10.9. The molecule has 1 aliphatic heterocycles. The highest BCUT2D eigenvalue weighted by atomic mass is 32.5. The number of ether oxygens (including phenoxy) is 2. The number of carbonyl (C=O) groups is 1. The zero-order valence-corrected chi connectivity index (χ0v) is 18.3. The minimum atomic E-state index is -10.3. The maximum atomic E-state index is 13.6. The van der Waals surface area contributed by atoms with Crippen LogP contribution in [0.2, 0.25) is 0 Å². The lowest BCUT2D eigenvalue weighted by Gasteiger charge is -2.41. The molecule has 0 spiro atoms. The quantitative estimate of drug-likeness (QED) is 0.168. The van der Waals surface area contributed by atoms with Crippen molar-refractivity contribution in [2.75, 3.05) is 13.2 Å². The zero-order valence-electron chi connectivity index (χ0n) is 17.5. The molecule has 1 aromatic carbocycles. The molecule has 20 heteroatoms. The van der Waals surface area contributed by atoms with E-state index in [2.05, 4.69) is 14.4 Å². The summed E-state index contributed by atoms with van der Waals surface area (Å²) in [7, 11) is -10.3. The van der Waals surface area contributed by atoms with Gasteiger partial charge < -0.3 is 19.1 Å². The Morgan fingerprint density at radius 2 is 1.61 bits per heavy atom. The van der Waals surface area contributed by atoms with Gasteiger partial charge in [0.1, 0.15) is 30.0 Å². The lowest BCUT2D eigenvalue weighted by atomic mass is 9.98. The van der Waals surface area contributed by atoms with E-state index < -0.39 is 91.7 Å². The first-order chi connectivity index (χ1) is 16.1. The molecular weight excluding hydrogens is 548 g/mol. The fourth-order valence-electron chi connectivity index (χ4n) is 2.88. The fourth-order valence-corrected chi connectivity index (χ4v) is 3.59. The van der Waals surface area contributed by atoms with Crippen LogP contribution < -0.4 is 4.74 Å². The number of hydrogen-bond acceptors (Lipinski definition) is 9. The van der Waals surface area contributed by atoms with E-state index in [-0.39, 0.29) is 18.2 Å². The Bertz CT molecular complexity index is 1090. The number of alkyl halides is 3. The molecule has 0 saturated heterocycles. The number of aryl methyl sites for hydroxylation is 1. The van der Waals surface area contributed by atoms with Crippen molar-refractivity contribution in [1.82, 2.24) is 0 Å². The van der Waals surface area contributed by atoms with E-state index in [0.717, 1.165) is 6.92 Å². The number of esters is 1. The van der Waals surface area contributed by atoms with Gasteiger partial charge in [-0.1, -0.05) is 26.4 Å². The van der Waals surface area contributed by atoms with Gasteiger partial charge in [0.15, 0.2) is 0 Å². The van der Waals surface area contributed by atoms with Gasteiger partial charge >= 0.3 is 22.4 Å². The first kappa shape index (κ1) is 28.7. The molecule has 0 amide bonds. The van der Waals surface area contributed by atoms with Gasteiger partial charge in [0, 0.05) is 5.56 Å². The second-order valence-electron chi connectivity index (χ2n) is 7.03. The molecule has 1 atom stereocenters. The van der Waals surface area contributed by atoms with Crippen molar-refractivity contribution in [3.8, 4) is 5.75 Å². The molecule has 2 rings (SSSR count). The van der Waals surface area contributed by atoms with E-state index in [1.54, 1.807) is 0 Å². The Labute approximate surface area is 194 Å². The van der Waals surface area contributed by atoms with Crippen molar-refractivity contribution >= 4 is 22.3 Å². The molecule has 11 nitrogen and oxygen atoms in total. The van der Waals surface area contributed by atoms with Crippen LogP contribution in [0.15, 0.2) is 22.6 Å². The van der Waals surface area contributed by atoms with E-state index >= 15 is 0 Å². The van der Waals surface area contributed by atoms with Gasteiger partial charge in [-0.15, -0.1) is 20.2 Å². The third kappa shape index (κ3) is 7.21. The second kappa shape index (κ2) is 8.82. The Kier molecular flexibility index (Phi) is 7.02. The third-order valence-corrected chi connectivity index (χ3v) is 5.49. The maximum absolute atomic E-state index is 13.6. The third-order valence-electron chi connectivity index (χ3n) is 4.36. The standard InChI is InChI=1S/C16H14F8N2O9S/c1-2-8-3-11(36(20,21,22,23)24)4-9-5-12(14(16(17,18)19)35-13(8)9)15(27)34-10(6-32-25(28)29)7-33-26(30)31/h3-5,10,14H,2,6-7H2,1H3. The van der Waals surface area contributed by atoms with Gasteiger partial charge in [0.05, 0.1) is 5.57 Å². The molecule has 0 N–H and O–H groups in total. The predicted molar refractivity (Wildman–Crippen MR) is 101 cm³/mol. The molecule has 0 aromatic heterocycles. The smallest absolute Gasteiger partial charge is 0.430 e. The molecule has 1 heterocycles. The van der Waals surface area contributed by atoms with E-state index in [1.165, 1.54) is 0 Å². The van der Waals surface area contributed by atoms with Crippen LogP contribution in [0.25, 0.3) is 6.08 Å². The van der Waals surface area contributed by atoms with Crippen LogP contribution in [0.1, 0.15) is 18.1 Å². The largest absolute Gasteiger partial charge is 0.475 e. The van der Waals surface area contributed by atoms with Gasteiger partial charge in [-0.3, -0.25) is 0 Å². The van der Waals surface area contributed by atoms with Gasteiger partial charge in [0.2, 0.25) is 6.10 Å². The van der Waals surface area contributed by atoms with Gasteiger partial charge in [-0.25, -0.2) is 4.79 Å². The number of rotatable bonds is 10. The van der Waals surface area contributed by atoms with Crippen LogP contribution in [0.3, 0.4) is 0 Å². The summed E-state index contributed by atoms with van der Waals surface area (Å²) in [5.74, 6) is -2.87. The number of halogens is 8. The van der Waals surface area contributed by atoms with Crippen LogP contribution in [-0.4, -0.2) is 47.7 Å². The van der Waals surface area contributed by atoms with Crippen molar-refractivity contribution < 1.29 is 66.7 Å². The highest BCUT2D eigenvalue weighted by Crippen LogP contribution is 3.02. The monoisotopic (exact) mass is 562 g/mol. The molecule has 0 radical (unpaired) electrons. The Morgan fingerprint density at radius 1 is 1.08 bits per heavy atom. The average Bonchev–Trinajstić information content (AvgIpc) is 2.71. The van der Waals surface area contributed by atoms with Gasteiger partial charge in [-0.2, -0.15) is 13.2 Å². The molecule has 36 heavy (non-hydrogen) atoms. The van der Waals surface area contributed by atoms with Crippen LogP contribution in [0.4, 0.5) is 32.6 Å². The molecule has 0 fully saturated rings. The highest BCUT2D eigenvalue weighted by Gasteiger charge is 2.66. The van der Waals surface area contributed by atoms with Crippen LogP contribution in [-0.2, 0) is 25.6 Å². The van der Waals surface area contributed by atoms with Crippen molar-refractivity contribution in [3.63, 3.8) is 0 Å². The summed E-state index contributed by atoms with van der Waals surface area (Å²) >= 11 is 0. The minimum Gasteiger partial charge on any atom is -0.475 e. The molecular formula is C16H14F8N2O9S. The average molecular weight is 562 g/mol. The molecule has 0 bridgehead atoms. The summed E-state index contributed by atoms with van der Waals surface area (Å²) in [5.41, 5.74) is -3.18. The molecule has 1 aliphatic rings. The Hall–Kier alpha value is -3.58. The number of benzene rings is 1. The van der Waals surface area contributed by atoms with Crippen molar-refractivity contribution in [3.05, 3.63) is 49.1 Å². The normalized spacial score (nSPS) is 17.6. The lowest BCUT2D eigenvalue weighted by Crippen LogP contribution is -2.42. The second-order valence-corrected chi connectivity index (χ2v) is 9.44. The maximum Gasteiger partial charge on any atom is 0.430 e. The summed E-state index contributed by atoms with van der Waals surface area (Å²) < 4.78 is 117. The van der Waals surface area contributed by atoms with E-state index in [1.807, 2.05) is 0 Å². The molecule has 0 saturated carbocycles. The Morgan fingerprint density at radius 3 is 2.03 bits per heavy atom. The highest BCUT2D eigenvalue weighted by molar-refractivity contribution is 8.45. The molecule has 204 valence electrons. The first-order valence-electron chi connectivity index (χ1n) is 9.24. The molecule has 0 aliphatic carbocycles. The Balaban J connectivity index is 2.58. The van der Waals surface area contributed by atoms with Crippen molar-refractivity contribution in [2.24, 2.45) is 0 Å². The number of carbonyl (C=O) groups excluding carboxylic acids is 1. The molecule has 1 aromatic rings. The van der Waals surface area contributed by atoms with Crippen molar-refractivity contribution in [1.29, 1.82) is 0 Å². The predicted octanol–water partition coefficient (Wildman–Crippen LogP) is 4.94. The first-order valence-corrected chi connectivity index (χ1v) is 11.2. The summed E-state index contributed by atoms with van der Waals surface area (Å²) in [4.78, 5) is 38.3. The molecule has 1 unspecified atom stereocenters. The summed E-state index contributed by atoms with van der Waals surface area (Å²) in [6, 6.07) is -0.274. The number of nitrogens with zero attached hydrogens (tertiary/aromatic N) is 2. The van der Waals surface area contributed by atoms with Crippen LogP contribution >= 0.6 is 10.2 Å². The summed E-state index contributed by atoms with van der Waals surface area (Å²) in [6.45, 7) is -1.34. The van der Waals surface area contributed by atoms with E-state index in [4.69, 9.17) is 4.74 Å². The SMILES string of the molecule is CCc1cc(S(F)(F)(F)(F)F)cc2c1OC(C(F)(F)F)C(C(=O)OC(CO[N+](=O)[O-])CO[N+](=O)[O-])=C2. The topological polar surface area (TPSA) is 140 Å².